The molecule has 0 spiro atoms. The number of ether oxygens (including phenoxy) is 1. The van der Waals surface area contributed by atoms with E-state index in [0.717, 1.165) is 50.9 Å². The number of nitrogens with two attached hydrogens (primary N) is 1. The first-order valence-corrected chi connectivity index (χ1v) is 8.03. The number of hydrogen-bond donors (Lipinski definition) is 1. The van der Waals surface area contributed by atoms with Crippen molar-refractivity contribution >= 4 is 5.91 Å². The van der Waals surface area contributed by atoms with E-state index in [1.807, 2.05) is 17.0 Å². The maximum absolute atomic E-state index is 12.1. The van der Waals surface area contributed by atoms with Gasteiger partial charge < -0.3 is 15.4 Å². The largest absolute Gasteiger partial charge is 0.484 e. The highest BCUT2D eigenvalue weighted by molar-refractivity contribution is 5.77. The monoisotopic (exact) mass is 288 g/mol. The molecule has 1 aromatic rings. The van der Waals surface area contributed by atoms with Crippen LogP contribution < -0.4 is 10.5 Å². The van der Waals surface area contributed by atoms with Crippen LogP contribution >= 0.6 is 0 Å². The quantitative estimate of drug-likeness (QED) is 0.929. The smallest absolute Gasteiger partial charge is 0.260 e. The normalized spacial score (nSPS) is 21.8. The van der Waals surface area contributed by atoms with Crippen LogP contribution in [0.4, 0.5) is 0 Å². The maximum Gasteiger partial charge on any atom is 0.260 e. The van der Waals surface area contributed by atoms with Crippen molar-refractivity contribution in [3.05, 3.63) is 29.3 Å². The summed E-state index contributed by atoms with van der Waals surface area (Å²) in [6.45, 7) is 1.88. The molecule has 0 bridgehead atoms. The lowest BCUT2D eigenvalue weighted by Gasteiger charge is -2.27. The lowest BCUT2D eigenvalue weighted by molar-refractivity contribution is -0.134. The summed E-state index contributed by atoms with van der Waals surface area (Å²) in [6, 6.07) is 6.17. The number of aryl methyl sites for hydroxylation is 1. The highest BCUT2D eigenvalue weighted by Crippen LogP contribution is 2.30. The topological polar surface area (TPSA) is 55.6 Å². The summed E-state index contributed by atoms with van der Waals surface area (Å²) in [7, 11) is 0. The summed E-state index contributed by atoms with van der Waals surface area (Å²) in [4.78, 5) is 14.0. The first kappa shape index (κ1) is 14.4. The van der Waals surface area contributed by atoms with Crippen molar-refractivity contribution in [2.24, 2.45) is 5.73 Å². The van der Waals surface area contributed by atoms with Crippen molar-refractivity contribution in [2.75, 3.05) is 19.7 Å². The van der Waals surface area contributed by atoms with Crippen LogP contribution in [0.3, 0.4) is 0 Å². The molecule has 1 fully saturated rings. The molecule has 21 heavy (non-hydrogen) atoms. The minimum absolute atomic E-state index is 0.0942. The van der Waals surface area contributed by atoms with Gasteiger partial charge in [0.1, 0.15) is 5.75 Å². The molecule has 1 aliphatic heterocycles. The molecule has 114 valence electrons. The Morgan fingerprint density at radius 3 is 2.86 bits per heavy atom. The molecule has 2 aliphatic rings. The van der Waals surface area contributed by atoms with Gasteiger partial charge >= 0.3 is 0 Å². The van der Waals surface area contributed by atoms with Gasteiger partial charge in [0.05, 0.1) is 0 Å². The van der Waals surface area contributed by atoms with Crippen LogP contribution in [0.1, 0.15) is 49.3 Å². The van der Waals surface area contributed by atoms with Crippen molar-refractivity contribution in [3.8, 4) is 5.75 Å². The molecule has 1 atom stereocenters. The Bertz CT molecular complexity index is 510. The molecule has 4 nitrogen and oxygen atoms in total. The number of hydrogen-bond acceptors (Lipinski definition) is 3. The Morgan fingerprint density at radius 1 is 1.24 bits per heavy atom. The van der Waals surface area contributed by atoms with Gasteiger partial charge in [-0.15, -0.1) is 0 Å². The average Bonchev–Trinajstić information content (AvgIpc) is 2.54. The van der Waals surface area contributed by atoms with Gasteiger partial charge in [-0.3, -0.25) is 4.79 Å². The Labute approximate surface area is 126 Å². The van der Waals surface area contributed by atoms with Crippen molar-refractivity contribution in [2.45, 2.75) is 44.6 Å². The predicted octanol–water partition coefficient (Wildman–Crippen LogP) is 2.41. The van der Waals surface area contributed by atoms with Gasteiger partial charge in [0.25, 0.3) is 5.91 Å². The lowest BCUT2D eigenvalue weighted by atomic mass is 9.88. The lowest BCUT2D eigenvalue weighted by Crippen LogP contribution is -2.38. The van der Waals surface area contributed by atoms with E-state index in [0.29, 0.717) is 0 Å². The van der Waals surface area contributed by atoms with Crippen LogP contribution in [0.15, 0.2) is 18.2 Å². The molecule has 1 heterocycles. The summed E-state index contributed by atoms with van der Waals surface area (Å²) >= 11 is 0. The third kappa shape index (κ3) is 3.38. The zero-order valence-electron chi connectivity index (χ0n) is 12.5. The molecule has 3 rings (SSSR count). The molecule has 0 saturated carbocycles. The number of fused-ring (bicyclic) bond motifs is 1. The highest BCUT2D eigenvalue weighted by Gasteiger charge is 2.19. The van der Waals surface area contributed by atoms with Gasteiger partial charge in [-0.1, -0.05) is 6.07 Å². The number of likely N-dealkylation sites (tertiary alicyclic amines) is 1. The summed E-state index contributed by atoms with van der Waals surface area (Å²) in [5.41, 5.74) is 8.66. The minimum atomic E-state index is 0.0942. The van der Waals surface area contributed by atoms with Gasteiger partial charge in [0.15, 0.2) is 6.61 Å². The first-order chi connectivity index (χ1) is 10.2. The van der Waals surface area contributed by atoms with Gasteiger partial charge in [-0.2, -0.15) is 0 Å². The SMILES string of the molecule is N[C@H]1CCCc2ccc(OCC(=O)N3CCCCC3)cc21. The van der Waals surface area contributed by atoms with E-state index in [4.69, 9.17) is 10.5 Å². The van der Waals surface area contributed by atoms with Crippen molar-refractivity contribution in [1.82, 2.24) is 4.90 Å². The molecular formula is C17H24N2O2. The van der Waals surface area contributed by atoms with Gasteiger partial charge in [0, 0.05) is 19.1 Å². The number of nitrogens with zero attached hydrogens (tertiary/aromatic N) is 1. The Hall–Kier alpha value is -1.55. The molecule has 4 heteroatoms. The van der Waals surface area contributed by atoms with Crippen LogP contribution in [-0.2, 0) is 11.2 Å². The fraction of sp³-hybridized carbons (Fsp3) is 0.588. The van der Waals surface area contributed by atoms with Gasteiger partial charge in [0.2, 0.25) is 0 Å². The standard InChI is InChI=1S/C17H24N2O2/c18-16-6-4-5-13-7-8-14(11-15(13)16)21-12-17(20)19-9-2-1-3-10-19/h7-8,11,16H,1-6,9-10,12,18H2/t16-/m0/s1. The number of benzene rings is 1. The molecule has 2 N–H and O–H groups in total. The molecular weight excluding hydrogens is 264 g/mol. The Kier molecular flexibility index (Phi) is 4.44. The molecule has 0 aromatic heterocycles. The van der Waals surface area contributed by atoms with Gasteiger partial charge in [-0.05, 0) is 61.8 Å². The highest BCUT2D eigenvalue weighted by atomic mass is 16.5. The van der Waals surface area contributed by atoms with E-state index < -0.39 is 0 Å². The van der Waals surface area contributed by atoms with Crippen LogP contribution in [0.25, 0.3) is 0 Å². The predicted molar refractivity (Wildman–Crippen MR) is 82.2 cm³/mol. The second-order valence-electron chi connectivity index (χ2n) is 6.09. The zero-order valence-corrected chi connectivity index (χ0v) is 12.5. The van der Waals surface area contributed by atoms with E-state index in [-0.39, 0.29) is 18.6 Å². The number of rotatable bonds is 3. The second-order valence-corrected chi connectivity index (χ2v) is 6.09. The number of amides is 1. The molecule has 1 amide bonds. The average molecular weight is 288 g/mol. The Morgan fingerprint density at radius 2 is 2.05 bits per heavy atom. The molecule has 0 radical (unpaired) electrons. The van der Waals surface area contributed by atoms with Crippen LogP contribution in [0.2, 0.25) is 0 Å². The number of carbonyl (C=O) groups excluding carboxylic acids is 1. The number of carbonyl (C=O) groups is 1. The van der Waals surface area contributed by atoms with Crippen molar-refractivity contribution in [1.29, 1.82) is 0 Å². The van der Waals surface area contributed by atoms with E-state index in [9.17, 15) is 4.79 Å². The van der Waals surface area contributed by atoms with Gasteiger partial charge in [-0.25, -0.2) is 0 Å². The first-order valence-electron chi connectivity index (χ1n) is 8.03. The van der Waals surface area contributed by atoms with Crippen LogP contribution in [0, 0.1) is 0 Å². The summed E-state index contributed by atoms with van der Waals surface area (Å²) < 4.78 is 5.69. The summed E-state index contributed by atoms with van der Waals surface area (Å²) in [5, 5.41) is 0. The number of piperidine rings is 1. The van der Waals surface area contributed by atoms with Crippen LogP contribution in [0.5, 0.6) is 5.75 Å². The van der Waals surface area contributed by atoms with E-state index in [2.05, 4.69) is 6.07 Å². The molecule has 0 unspecified atom stereocenters. The molecule has 1 saturated heterocycles. The fourth-order valence-corrected chi connectivity index (χ4v) is 3.28. The Balaban J connectivity index is 1.60. The summed E-state index contributed by atoms with van der Waals surface area (Å²) in [6.07, 6.45) is 6.73. The van der Waals surface area contributed by atoms with E-state index in [1.165, 1.54) is 17.5 Å². The third-order valence-electron chi connectivity index (χ3n) is 4.55. The van der Waals surface area contributed by atoms with Crippen LogP contribution in [-0.4, -0.2) is 30.5 Å². The fourth-order valence-electron chi connectivity index (χ4n) is 3.28. The van der Waals surface area contributed by atoms with E-state index >= 15 is 0 Å². The molecule has 1 aliphatic carbocycles. The van der Waals surface area contributed by atoms with Crippen molar-refractivity contribution < 1.29 is 9.53 Å². The van der Waals surface area contributed by atoms with Crippen molar-refractivity contribution in [3.63, 3.8) is 0 Å². The molecule has 1 aromatic carbocycles. The summed E-state index contributed by atoms with van der Waals surface area (Å²) in [5.74, 6) is 0.855. The second kappa shape index (κ2) is 6.48. The third-order valence-corrected chi connectivity index (χ3v) is 4.55. The maximum atomic E-state index is 12.1. The zero-order chi connectivity index (χ0) is 14.7. The minimum Gasteiger partial charge on any atom is -0.484 e. The van der Waals surface area contributed by atoms with E-state index in [1.54, 1.807) is 0 Å².